The summed E-state index contributed by atoms with van der Waals surface area (Å²) in [4.78, 5) is 13.6. The van der Waals surface area contributed by atoms with Gasteiger partial charge in [-0.2, -0.15) is 0 Å². The van der Waals surface area contributed by atoms with E-state index < -0.39 is 0 Å². The van der Waals surface area contributed by atoms with E-state index in [1.165, 1.54) is 33.0 Å². The minimum Gasteiger partial charge on any atom is -0.469 e. The Labute approximate surface area is 117 Å². The molecule has 0 saturated carbocycles. The van der Waals surface area contributed by atoms with Gasteiger partial charge in [-0.3, -0.25) is 4.79 Å². The highest BCUT2D eigenvalue weighted by atomic mass is 16.5. The zero-order valence-corrected chi connectivity index (χ0v) is 12.8. The number of methoxy groups -OCH3 is 1. The van der Waals surface area contributed by atoms with Crippen LogP contribution in [0.4, 0.5) is 0 Å². The van der Waals surface area contributed by atoms with E-state index in [-0.39, 0.29) is 5.97 Å². The first-order chi connectivity index (χ1) is 9.11. The minimum atomic E-state index is -0.0906. The third-order valence-corrected chi connectivity index (χ3v) is 3.67. The predicted molar refractivity (Wildman–Crippen MR) is 78.1 cm³/mol. The molecule has 0 aromatic carbocycles. The van der Waals surface area contributed by atoms with Crippen LogP contribution < -0.4 is 5.32 Å². The van der Waals surface area contributed by atoms with Crippen molar-refractivity contribution < 1.29 is 9.53 Å². The van der Waals surface area contributed by atoms with Gasteiger partial charge in [0.25, 0.3) is 0 Å². The van der Waals surface area contributed by atoms with Gasteiger partial charge in [-0.15, -0.1) is 0 Å². The number of hydrogen-bond acceptors (Lipinski definition) is 4. The van der Waals surface area contributed by atoms with Crippen LogP contribution in [0.2, 0.25) is 0 Å². The van der Waals surface area contributed by atoms with Crippen LogP contribution in [0, 0.1) is 11.8 Å². The number of likely N-dealkylation sites (tertiary alicyclic amines) is 1. The van der Waals surface area contributed by atoms with E-state index in [9.17, 15) is 4.79 Å². The largest absolute Gasteiger partial charge is 0.469 e. The van der Waals surface area contributed by atoms with Crippen LogP contribution in [0.5, 0.6) is 0 Å². The molecule has 0 bridgehead atoms. The van der Waals surface area contributed by atoms with Crippen LogP contribution in [0.15, 0.2) is 0 Å². The maximum atomic E-state index is 11.1. The van der Waals surface area contributed by atoms with Gasteiger partial charge < -0.3 is 15.0 Å². The molecule has 1 rings (SSSR count). The van der Waals surface area contributed by atoms with Crippen LogP contribution in [0.25, 0.3) is 0 Å². The highest BCUT2D eigenvalue weighted by Crippen LogP contribution is 2.16. The van der Waals surface area contributed by atoms with Crippen LogP contribution in [0.1, 0.15) is 39.5 Å². The normalized spacial score (nSPS) is 20.7. The van der Waals surface area contributed by atoms with Crippen molar-refractivity contribution in [2.45, 2.75) is 39.5 Å². The Bertz CT molecular complexity index is 257. The molecule has 1 aliphatic heterocycles. The molecular formula is C15H30N2O2. The number of ether oxygens (including phenoxy) is 1. The molecule has 0 amide bonds. The number of hydrogen-bond donors (Lipinski definition) is 1. The lowest BCUT2D eigenvalue weighted by atomic mass is 9.97. The molecule has 1 unspecified atom stereocenters. The van der Waals surface area contributed by atoms with Gasteiger partial charge in [0, 0.05) is 13.0 Å². The van der Waals surface area contributed by atoms with Gasteiger partial charge in [-0.1, -0.05) is 13.8 Å². The van der Waals surface area contributed by atoms with Crippen molar-refractivity contribution in [1.82, 2.24) is 10.2 Å². The monoisotopic (exact) mass is 270 g/mol. The molecule has 1 heterocycles. The average Bonchev–Trinajstić information content (AvgIpc) is 2.38. The van der Waals surface area contributed by atoms with Crippen molar-refractivity contribution >= 4 is 5.97 Å². The molecule has 0 aliphatic carbocycles. The quantitative estimate of drug-likeness (QED) is 0.684. The Hall–Kier alpha value is -0.610. The SMILES string of the molecule is COC(=O)CCCN1CCCC(CNCC(C)C)C1. The predicted octanol–water partition coefficient (Wildman–Crippen LogP) is 1.90. The number of rotatable bonds is 8. The average molecular weight is 270 g/mol. The zero-order valence-electron chi connectivity index (χ0n) is 12.8. The van der Waals surface area contributed by atoms with Gasteiger partial charge in [0.15, 0.2) is 0 Å². The van der Waals surface area contributed by atoms with Crippen LogP contribution in [-0.2, 0) is 9.53 Å². The Morgan fingerprint density at radius 2 is 2.26 bits per heavy atom. The smallest absolute Gasteiger partial charge is 0.305 e. The summed E-state index contributed by atoms with van der Waals surface area (Å²) in [5.74, 6) is 1.40. The molecular weight excluding hydrogens is 240 g/mol. The molecule has 4 nitrogen and oxygen atoms in total. The fraction of sp³-hybridized carbons (Fsp3) is 0.933. The second-order valence-corrected chi connectivity index (χ2v) is 6.04. The van der Waals surface area contributed by atoms with E-state index in [2.05, 4.69) is 28.8 Å². The van der Waals surface area contributed by atoms with Crippen molar-refractivity contribution in [3.05, 3.63) is 0 Å². The number of piperidine rings is 1. The number of nitrogens with zero attached hydrogens (tertiary/aromatic N) is 1. The Kier molecular flexibility index (Phi) is 8.07. The molecule has 4 heteroatoms. The molecule has 1 saturated heterocycles. The van der Waals surface area contributed by atoms with E-state index in [0.29, 0.717) is 6.42 Å². The lowest BCUT2D eigenvalue weighted by Crippen LogP contribution is -2.40. The van der Waals surface area contributed by atoms with Crippen molar-refractivity contribution in [1.29, 1.82) is 0 Å². The first kappa shape index (κ1) is 16.4. The van der Waals surface area contributed by atoms with Crippen LogP contribution >= 0.6 is 0 Å². The molecule has 1 fully saturated rings. The highest BCUT2D eigenvalue weighted by Gasteiger charge is 2.19. The number of nitrogens with one attached hydrogen (secondary N) is 1. The Morgan fingerprint density at radius 1 is 1.47 bits per heavy atom. The summed E-state index contributed by atoms with van der Waals surface area (Å²) in [5, 5.41) is 3.56. The van der Waals surface area contributed by atoms with Crippen molar-refractivity contribution in [3.8, 4) is 0 Å². The fourth-order valence-electron chi connectivity index (χ4n) is 2.65. The van der Waals surface area contributed by atoms with Gasteiger partial charge in [0.2, 0.25) is 0 Å². The topological polar surface area (TPSA) is 41.6 Å². The summed E-state index contributed by atoms with van der Waals surface area (Å²) >= 11 is 0. The van der Waals surface area contributed by atoms with E-state index in [4.69, 9.17) is 0 Å². The standard InChI is InChI=1S/C15H30N2O2/c1-13(2)10-16-11-14-6-4-8-17(12-14)9-5-7-15(18)19-3/h13-14,16H,4-12H2,1-3H3. The van der Waals surface area contributed by atoms with Crippen molar-refractivity contribution in [2.75, 3.05) is 39.8 Å². The summed E-state index contributed by atoms with van der Waals surface area (Å²) in [6.07, 6.45) is 4.08. The van der Waals surface area contributed by atoms with Gasteiger partial charge in [0.05, 0.1) is 7.11 Å². The highest BCUT2D eigenvalue weighted by molar-refractivity contribution is 5.69. The van der Waals surface area contributed by atoms with Gasteiger partial charge in [-0.05, 0) is 57.3 Å². The van der Waals surface area contributed by atoms with Crippen molar-refractivity contribution in [2.24, 2.45) is 11.8 Å². The lowest BCUT2D eigenvalue weighted by Gasteiger charge is -2.33. The number of carbonyl (C=O) groups is 1. The zero-order chi connectivity index (χ0) is 14.1. The minimum absolute atomic E-state index is 0.0906. The van der Waals surface area contributed by atoms with Gasteiger partial charge in [0.1, 0.15) is 0 Å². The molecule has 19 heavy (non-hydrogen) atoms. The van der Waals surface area contributed by atoms with Gasteiger partial charge >= 0.3 is 5.97 Å². The lowest BCUT2D eigenvalue weighted by molar-refractivity contribution is -0.140. The molecule has 0 aromatic heterocycles. The van der Waals surface area contributed by atoms with Crippen LogP contribution in [-0.4, -0.2) is 50.7 Å². The second kappa shape index (κ2) is 9.32. The molecule has 1 atom stereocenters. The molecule has 0 spiro atoms. The van der Waals surface area contributed by atoms with Crippen LogP contribution in [0.3, 0.4) is 0 Å². The van der Waals surface area contributed by atoms with E-state index in [0.717, 1.165) is 37.9 Å². The molecule has 1 N–H and O–H groups in total. The second-order valence-electron chi connectivity index (χ2n) is 6.04. The first-order valence-electron chi connectivity index (χ1n) is 7.61. The summed E-state index contributed by atoms with van der Waals surface area (Å²) in [5.41, 5.74) is 0. The third kappa shape index (κ3) is 7.53. The number of carbonyl (C=O) groups excluding carboxylic acids is 1. The first-order valence-corrected chi connectivity index (χ1v) is 7.61. The van der Waals surface area contributed by atoms with E-state index in [1.54, 1.807) is 0 Å². The fourth-order valence-corrected chi connectivity index (χ4v) is 2.65. The van der Waals surface area contributed by atoms with Gasteiger partial charge in [-0.25, -0.2) is 0 Å². The molecule has 0 aromatic rings. The number of esters is 1. The van der Waals surface area contributed by atoms with Crippen molar-refractivity contribution in [3.63, 3.8) is 0 Å². The summed E-state index contributed by atoms with van der Waals surface area (Å²) < 4.78 is 4.67. The summed E-state index contributed by atoms with van der Waals surface area (Å²) in [7, 11) is 1.46. The maximum Gasteiger partial charge on any atom is 0.305 e. The Balaban J connectivity index is 2.13. The summed E-state index contributed by atoms with van der Waals surface area (Å²) in [6, 6.07) is 0. The van der Waals surface area contributed by atoms with E-state index >= 15 is 0 Å². The Morgan fingerprint density at radius 3 is 2.95 bits per heavy atom. The molecule has 112 valence electrons. The van der Waals surface area contributed by atoms with E-state index in [1.807, 2.05) is 0 Å². The third-order valence-electron chi connectivity index (χ3n) is 3.67. The summed E-state index contributed by atoms with van der Waals surface area (Å²) in [6.45, 7) is 10.1. The molecule has 0 radical (unpaired) electrons. The maximum absolute atomic E-state index is 11.1. The molecule has 1 aliphatic rings.